The zero-order chi connectivity index (χ0) is 10.1. The Morgan fingerprint density at radius 2 is 2.14 bits per heavy atom. The molecule has 0 saturated heterocycles. The smallest absolute Gasteiger partial charge is 0.222 e. The highest BCUT2D eigenvalue weighted by Crippen LogP contribution is 2.26. The summed E-state index contributed by atoms with van der Waals surface area (Å²) in [6.45, 7) is 1.89. The Kier molecular flexibility index (Phi) is 1.89. The van der Waals surface area contributed by atoms with Crippen LogP contribution in [0, 0.1) is 6.92 Å². The van der Waals surface area contributed by atoms with Gasteiger partial charge in [0.2, 0.25) is 5.88 Å². The average Bonchev–Trinajstić information content (AvgIpc) is 2.51. The molecule has 0 bridgehead atoms. The molecule has 1 aromatic heterocycles. The van der Waals surface area contributed by atoms with E-state index in [2.05, 4.69) is 5.16 Å². The van der Waals surface area contributed by atoms with Crippen LogP contribution in [0.25, 0.3) is 11.3 Å². The van der Waals surface area contributed by atoms with Crippen molar-refractivity contribution in [3.05, 3.63) is 29.8 Å². The first-order chi connectivity index (χ1) is 6.66. The molecular formula is C10H10N2O2. The van der Waals surface area contributed by atoms with Crippen LogP contribution in [0.1, 0.15) is 5.56 Å². The Labute approximate surface area is 81.0 Å². The highest BCUT2D eigenvalue weighted by Gasteiger charge is 2.07. The van der Waals surface area contributed by atoms with Crippen LogP contribution in [0.4, 0.5) is 5.88 Å². The largest absolute Gasteiger partial charge is 0.508 e. The molecule has 72 valence electrons. The minimum absolute atomic E-state index is 0.239. The number of anilines is 1. The Morgan fingerprint density at radius 1 is 1.36 bits per heavy atom. The molecule has 4 heteroatoms. The highest BCUT2D eigenvalue weighted by atomic mass is 16.5. The molecule has 0 aliphatic heterocycles. The minimum Gasteiger partial charge on any atom is -0.508 e. The summed E-state index contributed by atoms with van der Waals surface area (Å²) >= 11 is 0. The second-order valence-corrected chi connectivity index (χ2v) is 3.11. The maximum Gasteiger partial charge on any atom is 0.222 e. The molecule has 1 aromatic carbocycles. The van der Waals surface area contributed by atoms with Gasteiger partial charge in [0.1, 0.15) is 11.4 Å². The van der Waals surface area contributed by atoms with Crippen LogP contribution in [0.5, 0.6) is 5.75 Å². The monoisotopic (exact) mass is 190 g/mol. The van der Waals surface area contributed by atoms with E-state index in [9.17, 15) is 5.11 Å². The van der Waals surface area contributed by atoms with Crippen LogP contribution in [0.2, 0.25) is 0 Å². The number of hydrogen-bond acceptors (Lipinski definition) is 4. The number of nitrogens with two attached hydrogens (primary N) is 1. The Hall–Kier alpha value is -1.97. The normalized spacial score (nSPS) is 10.4. The number of aromatic hydroxyl groups is 1. The Bertz CT molecular complexity index is 463. The zero-order valence-electron chi connectivity index (χ0n) is 7.69. The molecule has 4 nitrogen and oxygen atoms in total. The van der Waals surface area contributed by atoms with E-state index in [4.69, 9.17) is 10.3 Å². The van der Waals surface area contributed by atoms with Crippen molar-refractivity contribution in [3.63, 3.8) is 0 Å². The highest BCUT2D eigenvalue weighted by molar-refractivity contribution is 5.65. The summed E-state index contributed by atoms with van der Waals surface area (Å²) in [7, 11) is 0. The lowest BCUT2D eigenvalue weighted by Gasteiger charge is -2.01. The fourth-order valence-corrected chi connectivity index (χ4v) is 1.35. The fourth-order valence-electron chi connectivity index (χ4n) is 1.35. The molecule has 0 unspecified atom stereocenters. The standard InChI is InChI=1S/C10H10N2O2/c1-6-4-7(13)2-3-8(6)9-5-10(11)14-12-9/h2-5,13H,11H2,1H3. The van der Waals surface area contributed by atoms with Gasteiger partial charge < -0.3 is 15.4 Å². The van der Waals surface area contributed by atoms with E-state index in [1.54, 1.807) is 24.3 Å². The number of nitrogen functional groups attached to an aromatic ring is 1. The molecule has 0 aliphatic rings. The van der Waals surface area contributed by atoms with E-state index >= 15 is 0 Å². The minimum atomic E-state index is 0.239. The Balaban J connectivity index is 2.52. The van der Waals surface area contributed by atoms with Crippen molar-refractivity contribution in [2.45, 2.75) is 6.92 Å². The van der Waals surface area contributed by atoms with Gasteiger partial charge in [0.25, 0.3) is 0 Å². The quantitative estimate of drug-likeness (QED) is 0.720. The van der Waals surface area contributed by atoms with Gasteiger partial charge in [-0.1, -0.05) is 5.16 Å². The lowest BCUT2D eigenvalue weighted by Crippen LogP contribution is -1.82. The topological polar surface area (TPSA) is 72.3 Å². The maximum atomic E-state index is 9.22. The molecule has 0 atom stereocenters. The molecule has 0 amide bonds. The summed E-state index contributed by atoms with van der Waals surface area (Å²) in [5, 5.41) is 13.0. The van der Waals surface area contributed by atoms with Gasteiger partial charge in [-0.05, 0) is 30.7 Å². The van der Waals surface area contributed by atoms with Crippen molar-refractivity contribution in [1.29, 1.82) is 0 Å². The van der Waals surface area contributed by atoms with Gasteiger partial charge in [-0.3, -0.25) is 0 Å². The van der Waals surface area contributed by atoms with Crippen molar-refractivity contribution < 1.29 is 9.63 Å². The van der Waals surface area contributed by atoms with E-state index in [0.717, 1.165) is 11.1 Å². The number of aromatic nitrogens is 1. The average molecular weight is 190 g/mol. The van der Waals surface area contributed by atoms with Crippen molar-refractivity contribution in [1.82, 2.24) is 5.16 Å². The molecule has 0 saturated carbocycles. The van der Waals surface area contributed by atoms with Crippen molar-refractivity contribution in [2.24, 2.45) is 0 Å². The van der Waals surface area contributed by atoms with E-state index in [0.29, 0.717) is 5.69 Å². The predicted octanol–water partition coefficient (Wildman–Crippen LogP) is 1.94. The second kappa shape index (κ2) is 3.06. The third kappa shape index (κ3) is 1.42. The molecule has 0 aliphatic carbocycles. The van der Waals surface area contributed by atoms with Gasteiger partial charge in [-0.2, -0.15) is 0 Å². The van der Waals surface area contributed by atoms with E-state index in [1.807, 2.05) is 6.92 Å². The summed E-state index contributed by atoms with van der Waals surface area (Å²) in [6, 6.07) is 6.70. The van der Waals surface area contributed by atoms with Gasteiger partial charge in [0, 0.05) is 11.6 Å². The molecular weight excluding hydrogens is 180 g/mol. The summed E-state index contributed by atoms with van der Waals surface area (Å²) in [5.74, 6) is 0.523. The lowest BCUT2D eigenvalue weighted by atomic mass is 10.1. The summed E-state index contributed by atoms with van der Waals surface area (Å²) < 4.78 is 4.77. The van der Waals surface area contributed by atoms with Gasteiger partial charge in [0.05, 0.1) is 0 Å². The molecule has 1 heterocycles. The number of phenols is 1. The first kappa shape index (κ1) is 8.62. The lowest BCUT2D eigenvalue weighted by molar-refractivity contribution is 0.439. The molecule has 2 rings (SSSR count). The van der Waals surface area contributed by atoms with Crippen LogP contribution in [0.3, 0.4) is 0 Å². The zero-order valence-corrected chi connectivity index (χ0v) is 7.69. The van der Waals surface area contributed by atoms with Crippen molar-refractivity contribution >= 4 is 5.88 Å². The van der Waals surface area contributed by atoms with E-state index in [1.165, 1.54) is 0 Å². The summed E-state index contributed by atoms with van der Waals surface area (Å²) in [6.07, 6.45) is 0. The SMILES string of the molecule is Cc1cc(O)ccc1-c1cc(N)on1. The molecule has 3 N–H and O–H groups in total. The number of aryl methyl sites for hydroxylation is 1. The van der Waals surface area contributed by atoms with Crippen LogP contribution < -0.4 is 5.73 Å². The molecule has 0 spiro atoms. The van der Waals surface area contributed by atoms with Gasteiger partial charge >= 0.3 is 0 Å². The third-order valence-electron chi connectivity index (χ3n) is 2.01. The molecule has 14 heavy (non-hydrogen) atoms. The number of hydrogen-bond donors (Lipinski definition) is 2. The number of nitrogens with zero attached hydrogens (tertiary/aromatic N) is 1. The maximum absolute atomic E-state index is 9.22. The number of benzene rings is 1. The predicted molar refractivity (Wildman–Crippen MR) is 52.8 cm³/mol. The van der Waals surface area contributed by atoms with Gasteiger partial charge in [-0.15, -0.1) is 0 Å². The summed E-state index contributed by atoms with van der Waals surface area (Å²) in [4.78, 5) is 0. The fraction of sp³-hybridized carbons (Fsp3) is 0.100. The summed E-state index contributed by atoms with van der Waals surface area (Å²) in [5.41, 5.74) is 7.93. The van der Waals surface area contributed by atoms with Crippen molar-refractivity contribution in [2.75, 3.05) is 5.73 Å². The Morgan fingerprint density at radius 3 is 2.71 bits per heavy atom. The van der Waals surface area contributed by atoms with Crippen molar-refractivity contribution in [3.8, 4) is 17.0 Å². The number of phenolic OH excluding ortho intramolecular Hbond substituents is 1. The second-order valence-electron chi connectivity index (χ2n) is 3.11. The first-order valence-electron chi connectivity index (χ1n) is 4.19. The number of rotatable bonds is 1. The van der Waals surface area contributed by atoms with Crippen LogP contribution in [0.15, 0.2) is 28.8 Å². The van der Waals surface area contributed by atoms with Crippen LogP contribution in [-0.4, -0.2) is 10.3 Å². The molecule has 0 radical (unpaired) electrons. The van der Waals surface area contributed by atoms with Gasteiger partial charge in [-0.25, -0.2) is 0 Å². The third-order valence-corrected chi connectivity index (χ3v) is 2.01. The van der Waals surface area contributed by atoms with Crippen LogP contribution >= 0.6 is 0 Å². The molecule has 0 fully saturated rings. The van der Waals surface area contributed by atoms with E-state index in [-0.39, 0.29) is 11.6 Å². The van der Waals surface area contributed by atoms with E-state index < -0.39 is 0 Å². The molecule has 2 aromatic rings. The van der Waals surface area contributed by atoms with Gasteiger partial charge in [0.15, 0.2) is 0 Å². The van der Waals surface area contributed by atoms with Crippen LogP contribution in [-0.2, 0) is 0 Å². The first-order valence-corrected chi connectivity index (χ1v) is 4.19.